The Labute approximate surface area is 334 Å². The van der Waals surface area contributed by atoms with Gasteiger partial charge in [0, 0.05) is 60.7 Å². The lowest BCUT2D eigenvalue weighted by molar-refractivity contribution is 1.16. The van der Waals surface area contributed by atoms with Crippen molar-refractivity contribution < 1.29 is 0 Å². The average molecular weight is 734 g/mol. The van der Waals surface area contributed by atoms with Crippen molar-refractivity contribution in [2.45, 2.75) is 0 Å². The van der Waals surface area contributed by atoms with Crippen LogP contribution in [-0.2, 0) is 0 Å². The predicted octanol–water partition coefficient (Wildman–Crippen LogP) is 12.0. The van der Waals surface area contributed by atoms with Gasteiger partial charge in [0.2, 0.25) is 0 Å². The van der Waals surface area contributed by atoms with Gasteiger partial charge < -0.3 is 14.0 Å². The van der Waals surface area contributed by atoms with Crippen LogP contribution in [0.3, 0.4) is 0 Å². The highest BCUT2D eigenvalue weighted by Gasteiger charge is 2.42. The van der Waals surface area contributed by atoms with E-state index in [1.807, 2.05) is 0 Å². The Morgan fingerprint density at radius 3 is 1.52 bits per heavy atom. The van der Waals surface area contributed by atoms with Crippen molar-refractivity contribution in [3.8, 4) is 11.4 Å². The first-order valence-corrected chi connectivity index (χ1v) is 20.2. The summed E-state index contributed by atoms with van der Waals surface area (Å²) in [6.07, 6.45) is 0. The number of rotatable bonds is 3. The highest BCUT2D eigenvalue weighted by Crippen LogP contribution is 2.47. The molecule has 2 aromatic heterocycles. The molecule has 0 aliphatic carbocycles. The van der Waals surface area contributed by atoms with Gasteiger partial charge in [-0.05, 0) is 97.9 Å². The van der Waals surface area contributed by atoms with Crippen LogP contribution < -0.4 is 21.3 Å². The molecule has 12 aromatic rings. The summed E-state index contributed by atoms with van der Waals surface area (Å²) in [4.78, 5) is 2.37. The molecule has 0 spiro atoms. The second-order valence-corrected chi connectivity index (χ2v) is 16.0. The molecule has 0 amide bonds. The van der Waals surface area contributed by atoms with Crippen molar-refractivity contribution in [3.05, 3.63) is 194 Å². The lowest BCUT2D eigenvalue weighted by Gasteiger charge is -2.35. The van der Waals surface area contributed by atoms with Gasteiger partial charge in [0.05, 0.1) is 16.7 Å². The third kappa shape index (κ3) is 3.75. The molecule has 14 rings (SSSR count). The van der Waals surface area contributed by atoms with Gasteiger partial charge in [-0.15, -0.1) is 0 Å². The standard InChI is InChI=1S/C54H32BN3/c1-3-15-33(16-4-1)56(34-17-5-2-6-18-34)35-29-30-37-43(31-35)36-19-7-8-22-40(36)50-44(37)32-49-51-54(50)58-48-28-12-10-21-39(48)42-24-14-26-46(53(42)58)55(51)45-25-13-23-41-38-20-9-11-27-47(38)57(49)52(41)45/h1-32H. The molecule has 0 saturated carbocycles. The van der Waals surface area contributed by atoms with Gasteiger partial charge in [0.25, 0.3) is 6.71 Å². The van der Waals surface area contributed by atoms with Crippen molar-refractivity contribution in [1.29, 1.82) is 0 Å². The minimum absolute atomic E-state index is 0.0811. The van der Waals surface area contributed by atoms with Crippen LogP contribution in [0.15, 0.2) is 194 Å². The summed E-state index contributed by atoms with van der Waals surface area (Å²) < 4.78 is 5.22. The van der Waals surface area contributed by atoms with Crippen molar-refractivity contribution in [1.82, 2.24) is 9.13 Å². The normalized spacial score (nSPS) is 12.8. The van der Waals surface area contributed by atoms with E-state index in [2.05, 4.69) is 208 Å². The number of hydrogen-bond donors (Lipinski definition) is 0. The van der Waals surface area contributed by atoms with Crippen LogP contribution in [0.5, 0.6) is 0 Å². The molecule has 3 nitrogen and oxygen atoms in total. The highest BCUT2D eigenvalue weighted by molar-refractivity contribution is 7.00. The van der Waals surface area contributed by atoms with Crippen LogP contribution in [0.25, 0.3) is 87.3 Å². The van der Waals surface area contributed by atoms with Crippen molar-refractivity contribution >= 4 is 116 Å². The van der Waals surface area contributed by atoms with Crippen LogP contribution in [0.1, 0.15) is 0 Å². The second-order valence-electron chi connectivity index (χ2n) is 16.0. The van der Waals surface area contributed by atoms with Gasteiger partial charge in [-0.25, -0.2) is 0 Å². The zero-order valence-corrected chi connectivity index (χ0v) is 31.4. The fraction of sp³-hybridized carbons (Fsp3) is 0. The van der Waals surface area contributed by atoms with Crippen LogP contribution in [0.2, 0.25) is 0 Å². The molecular formula is C54H32BN3. The first-order chi connectivity index (χ1) is 28.8. The number of hydrogen-bond acceptors (Lipinski definition) is 1. The first-order valence-electron chi connectivity index (χ1n) is 20.2. The van der Waals surface area contributed by atoms with Crippen molar-refractivity contribution in [2.24, 2.45) is 0 Å². The third-order valence-corrected chi connectivity index (χ3v) is 13.2. The monoisotopic (exact) mass is 733 g/mol. The smallest absolute Gasteiger partial charge is 0.252 e. The van der Waals surface area contributed by atoms with Crippen LogP contribution >= 0.6 is 0 Å². The largest absolute Gasteiger partial charge is 0.310 e. The van der Waals surface area contributed by atoms with E-state index < -0.39 is 0 Å². The van der Waals surface area contributed by atoms with E-state index in [0.717, 1.165) is 17.1 Å². The number of fused-ring (bicyclic) bond motifs is 17. The Kier molecular flexibility index (Phi) is 5.84. The number of aromatic nitrogens is 2. The molecule has 2 aliphatic heterocycles. The van der Waals surface area contributed by atoms with Crippen molar-refractivity contribution in [3.63, 3.8) is 0 Å². The van der Waals surface area contributed by atoms with E-state index in [4.69, 9.17) is 0 Å². The lowest BCUT2D eigenvalue weighted by atomic mass is 9.34. The minimum atomic E-state index is 0.0811. The molecule has 0 bridgehead atoms. The molecule has 4 heteroatoms. The quantitative estimate of drug-likeness (QED) is 0.130. The van der Waals surface area contributed by atoms with Crippen LogP contribution in [0.4, 0.5) is 17.1 Å². The van der Waals surface area contributed by atoms with E-state index in [9.17, 15) is 0 Å². The van der Waals surface area contributed by atoms with E-state index in [1.54, 1.807) is 0 Å². The predicted molar refractivity (Wildman–Crippen MR) is 247 cm³/mol. The lowest BCUT2D eigenvalue weighted by Crippen LogP contribution is -2.59. The Morgan fingerprint density at radius 2 is 0.862 bits per heavy atom. The Morgan fingerprint density at radius 1 is 0.345 bits per heavy atom. The van der Waals surface area contributed by atoms with Crippen LogP contribution in [-0.4, -0.2) is 15.8 Å². The second kappa shape index (κ2) is 11.1. The number of para-hydroxylation sites is 6. The molecule has 10 aromatic carbocycles. The topological polar surface area (TPSA) is 13.1 Å². The summed E-state index contributed by atoms with van der Waals surface area (Å²) in [5.41, 5.74) is 15.3. The molecule has 58 heavy (non-hydrogen) atoms. The van der Waals surface area contributed by atoms with Crippen LogP contribution in [0, 0.1) is 0 Å². The summed E-state index contributed by atoms with van der Waals surface area (Å²) in [6, 6.07) is 72.2. The maximum Gasteiger partial charge on any atom is 0.252 e. The number of nitrogens with zero attached hydrogens (tertiary/aromatic N) is 3. The fourth-order valence-electron chi connectivity index (χ4n) is 11.0. The Balaban J connectivity index is 1.20. The molecule has 2 aliphatic rings. The third-order valence-electron chi connectivity index (χ3n) is 13.2. The van der Waals surface area contributed by atoms with E-state index in [0.29, 0.717) is 0 Å². The van der Waals surface area contributed by atoms with E-state index in [1.165, 1.54) is 104 Å². The Bertz CT molecular complexity index is 3710. The van der Waals surface area contributed by atoms with Gasteiger partial charge >= 0.3 is 0 Å². The highest BCUT2D eigenvalue weighted by atomic mass is 15.1. The summed E-state index contributed by atoms with van der Waals surface area (Å²) in [6.45, 7) is 0.0811. The molecule has 0 unspecified atom stereocenters. The van der Waals surface area contributed by atoms with Gasteiger partial charge in [0.1, 0.15) is 0 Å². The molecule has 0 atom stereocenters. The summed E-state index contributed by atoms with van der Waals surface area (Å²) >= 11 is 0. The molecule has 0 radical (unpaired) electrons. The maximum atomic E-state index is 2.63. The molecular weight excluding hydrogens is 701 g/mol. The first kappa shape index (κ1) is 30.6. The zero-order chi connectivity index (χ0) is 37.6. The molecule has 0 N–H and O–H groups in total. The van der Waals surface area contributed by atoms with Crippen molar-refractivity contribution in [2.75, 3.05) is 4.90 Å². The molecule has 0 saturated heterocycles. The van der Waals surface area contributed by atoms with Gasteiger partial charge in [0.15, 0.2) is 0 Å². The summed E-state index contributed by atoms with van der Waals surface area (Å²) in [5.74, 6) is 0. The van der Waals surface area contributed by atoms with E-state index in [-0.39, 0.29) is 6.71 Å². The van der Waals surface area contributed by atoms with E-state index >= 15 is 0 Å². The number of benzene rings is 10. The van der Waals surface area contributed by atoms with Gasteiger partial charge in [-0.3, -0.25) is 0 Å². The summed E-state index contributed by atoms with van der Waals surface area (Å²) in [5, 5.41) is 12.8. The fourth-order valence-corrected chi connectivity index (χ4v) is 11.0. The SMILES string of the molecule is c1ccc(N(c2ccccc2)c2ccc3c(c2)c2ccccc2c2c4c5c(cc32)-n2c3ccccc3c3cccc(c32)B5c2cccc3c5ccccc5n-4c23)cc1. The molecule has 0 fully saturated rings. The number of anilines is 3. The Hall–Kier alpha value is -7.56. The molecule has 4 heterocycles. The average Bonchev–Trinajstić information content (AvgIpc) is 3.81. The summed E-state index contributed by atoms with van der Waals surface area (Å²) in [7, 11) is 0. The molecule has 266 valence electrons. The maximum absolute atomic E-state index is 2.63. The minimum Gasteiger partial charge on any atom is -0.310 e. The zero-order valence-electron chi connectivity index (χ0n) is 31.4. The van der Waals surface area contributed by atoms with Gasteiger partial charge in [-0.2, -0.15) is 0 Å². The van der Waals surface area contributed by atoms with Gasteiger partial charge in [-0.1, -0.05) is 140 Å².